The van der Waals surface area contributed by atoms with Gasteiger partial charge in [0, 0.05) is 13.2 Å². The molecule has 0 spiro atoms. The largest absolute Gasteiger partial charge is 0.492 e. The monoisotopic (exact) mass is 532 g/mol. The molecule has 11 nitrogen and oxygen atoms in total. The van der Waals surface area contributed by atoms with E-state index in [-0.39, 0.29) is 24.3 Å². The lowest BCUT2D eigenvalue weighted by molar-refractivity contribution is -0.123. The minimum absolute atomic E-state index is 0.0725. The minimum Gasteiger partial charge on any atom is -0.492 e. The fraction of sp³-hybridized carbons (Fsp3) is 0.400. The second-order valence-corrected chi connectivity index (χ2v) is 10.2. The Morgan fingerprint density at radius 1 is 1.14 bits per heavy atom. The molecule has 2 aromatic carbocycles. The van der Waals surface area contributed by atoms with E-state index in [1.807, 2.05) is 0 Å². The van der Waals surface area contributed by atoms with Gasteiger partial charge in [-0.1, -0.05) is 12.1 Å². The average molecular weight is 533 g/mol. The summed E-state index contributed by atoms with van der Waals surface area (Å²) in [6.45, 7) is 2.76. The predicted molar refractivity (Wildman–Crippen MR) is 139 cm³/mol. The lowest BCUT2D eigenvalue weighted by Crippen LogP contribution is -2.39. The van der Waals surface area contributed by atoms with Crippen LogP contribution >= 0.6 is 0 Å². The lowest BCUT2D eigenvalue weighted by Gasteiger charge is -2.23. The Bertz CT molecular complexity index is 1180. The van der Waals surface area contributed by atoms with Crippen LogP contribution in [0.3, 0.4) is 0 Å². The number of hydrogen-bond donors (Lipinski definition) is 2. The van der Waals surface area contributed by atoms with Crippen LogP contribution in [0.25, 0.3) is 0 Å². The number of para-hydroxylation sites is 2. The predicted octanol–water partition coefficient (Wildman–Crippen LogP) is 1.68. The molecule has 12 heteroatoms. The summed E-state index contributed by atoms with van der Waals surface area (Å²) in [5.41, 5.74) is 3.27. The first kappa shape index (κ1) is 27.9. The van der Waals surface area contributed by atoms with Gasteiger partial charge in [-0.15, -0.1) is 0 Å². The van der Waals surface area contributed by atoms with Crippen LogP contribution in [0.4, 0.5) is 5.69 Å². The van der Waals surface area contributed by atoms with Gasteiger partial charge in [-0.25, -0.2) is 13.8 Å². The number of benzene rings is 2. The number of nitrogens with one attached hydrogen (secondary N) is 2. The Kier molecular flexibility index (Phi) is 10.3. The van der Waals surface area contributed by atoms with Crippen LogP contribution in [0, 0.1) is 0 Å². The third-order valence-corrected chi connectivity index (χ3v) is 6.45. The number of amides is 2. The number of sulfonamides is 1. The highest BCUT2D eigenvalue weighted by Crippen LogP contribution is 2.29. The zero-order valence-electron chi connectivity index (χ0n) is 20.9. The van der Waals surface area contributed by atoms with Crippen molar-refractivity contribution in [2.75, 3.05) is 43.5 Å². The Balaban J connectivity index is 1.48. The maximum absolute atomic E-state index is 12.4. The summed E-state index contributed by atoms with van der Waals surface area (Å²) >= 11 is 0. The van der Waals surface area contributed by atoms with Crippen LogP contribution in [-0.4, -0.2) is 71.7 Å². The fourth-order valence-electron chi connectivity index (χ4n) is 3.55. The van der Waals surface area contributed by atoms with E-state index in [9.17, 15) is 18.0 Å². The first-order valence-corrected chi connectivity index (χ1v) is 13.7. The van der Waals surface area contributed by atoms with Crippen molar-refractivity contribution in [2.24, 2.45) is 5.10 Å². The number of rotatable bonds is 13. The zero-order valence-corrected chi connectivity index (χ0v) is 21.7. The van der Waals surface area contributed by atoms with E-state index in [0.717, 1.165) is 30.0 Å². The number of anilines is 1. The van der Waals surface area contributed by atoms with Gasteiger partial charge in [0.05, 0.1) is 30.9 Å². The highest BCUT2D eigenvalue weighted by molar-refractivity contribution is 7.92. The molecule has 200 valence electrons. The molecule has 1 fully saturated rings. The molecular weight excluding hydrogens is 500 g/mol. The molecule has 2 aromatic rings. The first-order valence-electron chi connectivity index (χ1n) is 11.9. The molecule has 1 heterocycles. The van der Waals surface area contributed by atoms with Crippen LogP contribution in [0.2, 0.25) is 0 Å². The number of ether oxygens (including phenoxy) is 3. The molecular formula is C25H32N4O7S. The van der Waals surface area contributed by atoms with Crippen molar-refractivity contribution in [3.8, 4) is 11.5 Å². The molecule has 0 radical (unpaired) electrons. The molecule has 0 aliphatic carbocycles. The van der Waals surface area contributed by atoms with Gasteiger partial charge in [0.15, 0.2) is 6.61 Å². The Morgan fingerprint density at radius 3 is 2.57 bits per heavy atom. The first-order chi connectivity index (χ1) is 17.8. The van der Waals surface area contributed by atoms with Gasteiger partial charge in [-0.2, -0.15) is 5.10 Å². The number of hydrogen-bond acceptors (Lipinski definition) is 8. The maximum Gasteiger partial charge on any atom is 0.260 e. The van der Waals surface area contributed by atoms with Crippen LogP contribution < -0.4 is 24.5 Å². The van der Waals surface area contributed by atoms with Gasteiger partial charge in [0.2, 0.25) is 10.0 Å². The summed E-state index contributed by atoms with van der Waals surface area (Å²) in [7, 11) is -3.76. The van der Waals surface area contributed by atoms with Crippen molar-refractivity contribution < 1.29 is 32.2 Å². The lowest BCUT2D eigenvalue weighted by atomic mass is 10.2. The minimum atomic E-state index is -3.76. The molecule has 0 unspecified atom stereocenters. The van der Waals surface area contributed by atoms with E-state index < -0.39 is 22.5 Å². The fourth-order valence-corrected chi connectivity index (χ4v) is 4.41. The highest BCUT2D eigenvalue weighted by atomic mass is 32.2. The summed E-state index contributed by atoms with van der Waals surface area (Å²) < 4.78 is 42.1. The van der Waals surface area contributed by atoms with Gasteiger partial charge in [0.25, 0.3) is 11.8 Å². The van der Waals surface area contributed by atoms with Gasteiger partial charge < -0.3 is 19.5 Å². The zero-order chi connectivity index (χ0) is 26.7. The van der Waals surface area contributed by atoms with Gasteiger partial charge in [-0.3, -0.25) is 13.9 Å². The summed E-state index contributed by atoms with van der Waals surface area (Å²) in [6, 6.07) is 13.3. The topological polar surface area (TPSA) is 136 Å². The molecule has 1 atom stereocenters. The number of hydrazone groups is 1. The van der Waals surface area contributed by atoms with E-state index in [4.69, 9.17) is 14.2 Å². The van der Waals surface area contributed by atoms with Gasteiger partial charge in [-0.05, 0) is 61.7 Å². The van der Waals surface area contributed by atoms with Crippen molar-refractivity contribution in [1.29, 1.82) is 0 Å². The van der Waals surface area contributed by atoms with Crippen LogP contribution in [0.15, 0.2) is 53.6 Å². The standard InChI is InChI=1S/C25H32N4O7S/c1-3-34-23-9-5-4-8-22(23)29(37(2,32)33)17-24(30)28-27-15-19-10-12-20(13-11-19)36-18-25(31)26-16-21-7-6-14-35-21/h4-5,8-13,15,21H,3,6-7,14,16-18H2,1-2H3,(H,26,31)(H,28,30)/b27-15-/t21-/m0/s1. The van der Waals surface area contributed by atoms with Crippen LogP contribution in [0.1, 0.15) is 25.3 Å². The summed E-state index contributed by atoms with van der Waals surface area (Å²) in [5, 5.41) is 6.69. The molecule has 2 N–H and O–H groups in total. The van der Waals surface area contributed by atoms with E-state index in [1.165, 1.54) is 6.21 Å². The molecule has 0 aromatic heterocycles. The van der Waals surface area contributed by atoms with Crippen molar-refractivity contribution in [2.45, 2.75) is 25.9 Å². The summed E-state index contributed by atoms with van der Waals surface area (Å²) in [4.78, 5) is 24.4. The van der Waals surface area contributed by atoms with Crippen molar-refractivity contribution >= 4 is 33.7 Å². The Hall–Kier alpha value is -3.64. The molecule has 0 saturated carbocycles. The molecule has 0 bridgehead atoms. The summed E-state index contributed by atoms with van der Waals surface area (Å²) in [6.07, 6.45) is 4.46. The quantitative estimate of drug-likeness (QED) is 0.296. The second-order valence-electron chi connectivity index (χ2n) is 8.26. The van der Waals surface area contributed by atoms with Crippen LogP contribution in [0.5, 0.6) is 11.5 Å². The third-order valence-electron chi connectivity index (χ3n) is 5.33. The molecule has 1 aliphatic heterocycles. The molecule has 1 saturated heterocycles. The van der Waals surface area contributed by atoms with E-state index in [1.54, 1.807) is 55.5 Å². The van der Waals surface area contributed by atoms with Crippen molar-refractivity contribution in [1.82, 2.24) is 10.7 Å². The molecule has 37 heavy (non-hydrogen) atoms. The van der Waals surface area contributed by atoms with Gasteiger partial charge in [0.1, 0.15) is 18.0 Å². The Labute approximate surface area is 216 Å². The average Bonchev–Trinajstić information content (AvgIpc) is 3.39. The van der Waals surface area contributed by atoms with Crippen LogP contribution in [-0.2, 0) is 24.3 Å². The Morgan fingerprint density at radius 2 is 1.89 bits per heavy atom. The SMILES string of the molecule is CCOc1ccccc1N(CC(=O)N/N=C\c1ccc(OCC(=O)NC[C@@H]2CCCO2)cc1)S(C)(=O)=O. The number of nitrogens with zero attached hydrogens (tertiary/aromatic N) is 2. The van der Waals surface area contributed by atoms with Crippen molar-refractivity contribution in [3.63, 3.8) is 0 Å². The smallest absolute Gasteiger partial charge is 0.260 e. The normalized spacial score (nSPS) is 15.4. The van der Waals surface area contributed by atoms with E-state index >= 15 is 0 Å². The molecule has 1 aliphatic rings. The van der Waals surface area contributed by atoms with Crippen molar-refractivity contribution in [3.05, 3.63) is 54.1 Å². The second kappa shape index (κ2) is 13.6. The summed E-state index contributed by atoms with van der Waals surface area (Å²) in [5.74, 6) is 0.0115. The molecule has 2 amide bonds. The number of carbonyl (C=O) groups is 2. The number of carbonyl (C=O) groups excluding carboxylic acids is 2. The highest BCUT2D eigenvalue weighted by Gasteiger charge is 2.23. The maximum atomic E-state index is 12.4. The third kappa shape index (κ3) is 9.07. The van der Waals surface area contributed by atoms with E-state index in [0.29, 0.717) is 30.2 Å². The van der Waals surface area contributed by atoms with E-state index in [2.05, 4.69) is 15.8 Å². The molecule has 3 rings (SSSR count). The van der Waals surface area contributed by atoms with Gasteiger partial charge >= 0.3 is 0 Å².